The molecule has 2 aromatic rings. The smallest absolute Gasteiger partial charge is 0.292 e. The van der Waals surface area contributed by atoms with Crippen LogP contribution in [0.4, 0.5) is 17.1 Å². The molecular formula is C18H18Cl2N4O4. The van der Waals surface area contributed by atoms with Crippen LogP contribution in [-0.4, -0.2) is 41.8 Å². The van der Waals surface area contributed by atoms with E-state index in [4.69, 9.17) is 23.2 Å². The van der Waals surface area contributed by atoms with Gasteiger partial charge in [0, 0.05) is 24.7 Å². The molecule has 2 rings (SSSR count). The van der Waals surface area contributed by atoms with E-state index in [2.05, 4.69) is 10.6 Å². The Morgan fingerprint density at radius 2 is 1.79 bits per heavy atom. The summed E-state index contributed by atoms with van der Waals surface area (Å²) in [5.74, 6) is -0.661. The van der Waals surface area contributed by atoms with E-state index in [1.807, 2.05) is 0 Å². The van der Waals surface area contributed by atoms with E-state index in [0.29, 0.717) is 22.3 Å². The molecule has 0 radical (unpaired) electrons. The maximum Gasteiger partial charge on any atom is 0.292 e. The number of halogens is 2. The average Bonchev–Trinajstić information content (AvgIpc) is 2.63. The highest BCUT2D eigenvalue weighted by Crippen LogP contribution is 2.25. The maximum atomic E-state index is 12.1. The minimum atomic E-state index is -0.560. The number of rotatable bonds is 8. The number of hydrogen-bond acceptors (Lipinski definition) is 5. The van der Waals surface area contributed by atoms with Crippen LogP contribution < -0.4 is 10.6 Å². The summed E-state index contributed by atoms with van der Waals surface area (Å²) in [5.41, 5.74) is 0.477. The Hall–Kier alpha value is -2.68. The first-order valence-electron chi connectivity index (χ1n) is 8.23. The lowest BCUT2D eigenvalue weighted by Crippen LogP contribution is -2.32. The predicted octanol–water partition coefficient (Wildman–Crippen LogP) is 3.80. The topological polar surface area (TPSA) is 105 Å². The van der Waals surface area contributed by atoms with Gasteiger partial charge in [-0.1, -0.05) is 35.3 Å². The number of amides is 2. The number of likely N-dealkylation sites (N-methyl/N-ethyl adjacent to an activating group) is 1. The fourth-order valence-electron chi connectivity index (χ4n) is 2.34. The molecule has 28 heavy (non-hydrogen) atoms. The van der Waals surface area contributed by atoms with E-state index in [1.165, 1.54) is 18.2 Å². The fourth-order valence-corrected chi connectivity index (χ4v) is 2.64. The summed E-state index contributed by atoms with van der Waals surface area (Å²) in [4.78, 5) is 36.2. The van der Waals surface area contributed by atoms with Crippen molar-refractivity contribution in [3.8, 4) is 0 Å². The van der Waals surface area contributed by atoms with E-state index in [0.717, 1.165) is 0 Å². The average molecular weight is 425 g/mol. The molecule has 0 aliphatic heterocycles. The van der Waals surface area contributed by atoms with Crippen LogP contribution in [0.15, 0.2) is 42.5 Å². The highest BCUT2D eigenvalue weighted by molar-refractivity contribution is 6.42. The number of nitrogens with zero attached hydrogens (tertiary/aromatic N) is 2. The van der Waals surface area contributed by atoms with Crippen LogP contribution in [0.2, 0.25) is 10.0 Å². The van der Waals surface area contributed by atoms with Crippen LogP contribution in [0.3, 0.4) is 0 Å². The first-order valence-corrected chi connectivity index (χ1v) is 8.98. The summed E-state index contributed by atoms with van der Waals surface area (Å²) in [6.07, 6.45) is 0.0720. The summed E-state index contributed by atoms with van der Waals surface area (Å²) in [6.45, 7) is 0.347. The fraction of sp³-hybridized carbons (Fsp3) is 0.222. The van der Waals surface area contributed by atoms with Gasteiger partial charge >= 0.3 is 0 Å². The zero-order chi connectivity index (χ0) is 20.7. The van der Waals surface area contributed by atoms with Crippen molar-refractivity contribution >= 4 is 52.1 Å². The molecule has 0 atom stereocenters. The van der Waals surface area contributed by atoms with E-state index < -0.39 is 4.92 Å². The van der Waals surface area contributed by atoms with Gasteiger partial charge in [0.1, 0.15) is 5.69 Å². The van der Waals surface area contributed by atoms with Crippen LogP contribution in [-0.2, 0) is 9.59 Å². The van der Waals surface area contributed by atoms with Gasteiger partial charge in [0.15, 0.2) is 0 Å². The number of benzene rings is 2. The second-order valence-electron chi connectivity index (χ2n) is 5.99. The van der Waals surface area contributed by atoms with Crippen molar-refractivity contribution in [1.82, 2.24) is 4.90 Å². The number of hydrogen-bond donors (Lipinski definition) is 2. The van der Waals surface area contributed by atoms with Crippen LogP contribution in [0.5, 0.6) is 0 Å². The minimum Gasteiger partial charge on any atom is -0.325 e. The minimum absolute atomic E-state index is 0.0546. The molecule has 0 unspecified atom stereocenters. The predicted molar refractivity (Wildman–Crippen MR) is 109 cm³/mol. The molecule has 0 bridgehead atoms. The van der Waals surface area contributed by atoms with Crippen molar-refractivity contribution in [3.05, 3.63) is 62.6 Å². The lowest BCUT2D eigenvalue weighted by Gasteiger charge is -2.16. The zero-order valence-electron chi connectivity index (χ0n) is 14.9. The van der Waals surface area contributed by atoms with E-state index >= 15 is 0 Å². The highest BCUT2D eigenvalue weighted by Gasteiger charge is 2.15. The van der Waals surface area contributed by atoms with Crippen molar-refractivity contribution in [2.45, 2.75) is 6.42 Å². The first kappa shape index (κ1) is 21.6. The van der Waals surface area contributed by atoms with Gasteiger partial charge < -0.3 is 10.6 Å². The molecule has 2 aromatic carbocycles. The molecule has 0 spiro atoms. The Morgan fingerprint density at radius 1 is 1.07 bits per heavy atom. The van der Waals surface area contributed by atoms with Crippen molar-refractivity contribution in [3.63, 3.8) is 0 Å². The monoisotopic (exact) mass is 424 g/mol. The molecule has 0 aliphatic rings. The van der Waals surface area contributed by atoms with Crippen LogP contribution >= 0.6 is 23.2 Å². The molecule has 8 nitrogen and oxygen atoms in total. The molecular weight excluding hydrogens is 407 g/mol. The number of para-hydroxylation sites is 2. The van der Waals surface area contributed by atoms with Gasteiger partial charge in [-0.15, -0.1) is 0 Å². The summed E-state index contributed by atoms with van der Waals surface area (Å²) in [6, 6.07) is 10.7. The van der Waals surface area contributed by atoms with Gasteiger partial charge in [0.2, 0.25) is 11.8 Å². The first-order chi connectivity index (χ1) is 13.3. The SMILES string of the molecule is CN(CCC(=O)Nc1ccccc1[N+](=O)[O-])CC(=O)Nc1ccc(Cl)c(Cl)c1. The molecule has 2 N–H and O–H groups in total. The van der Waals surface area contributed by atoms with Gasteiger partial charge in [-0.25, -0.2) is 0 Å². The summed E-state index contributed by atoms with van der Waals surface area (Å²) < 4.78 is 0. The lowest BCUT2D eigenvalue weighted by atomic mass is 10.2. The molecule has 10 heteroatoms. The Morgan fingerprint density at radius 3 is 2.46 bits per heavy atom. The standard InChI is InChI=1S/C18H18Cl2N4O4/c1-23(11-18(26)21-12-6-7-13(19)14(20)10-12)9-8-17(25)22-15-4-2-3-5-16(15)24(27)28/h2-7,10H,8-9,11H2,1H3,(H,21,26)(H,22,25). The number of anilines is 2. The molecule has 0 heterocycles. The number of nitro groups is 1. The van der Waals surface area contributed by atoms with Gasteiger partial charge in [-0.3, -0.25) is 24.6 Å². The third-order valence-corrected chi connectivity index (χ3v) is 4.45. The van der Waals surface area contributed by atoms with Crippen molar-refractivity contribution in [2.75, 3.05) is 30.8 Å². The molecule has 0 saturated carbocycles. The molecule has 0 saturated heterocycles. The molecule has 148 valence electrons. The van der Waals surface area contributed by atoms with Crippen LogP contribution in [0.1, 0.15) is 6.42 Å². The van der Waals surface area contributed by atoms with Crippen molar-refractivity contribution in [2.24, 2.45) is 0 Å². The summed E-state index contributed by atoms with van der Waals surface area (Å²) >= 11 is 11.7. The van der Waals surface area contributed by atoms with Gasteiger partial charge in [-0.05, 0) is 31.3 Å². The van der Waals surface area contributed by atoms with E-state index in [9.17, 15) is 19.7 Å². The van der Waals surface area contributed by atoms with Gasteiger partial charge in [0.05, 0.1) is 21.5 Å². The van der Waals surface area contributed by atoms with E-state index in [1.54, 1.807) is 36.2 Å². The molecule has 0 aliphatic carbocycles. The van der Waals surface area contributed by atoms with Crippen molar-refractivity contribution < 1.29 is 14.5 Å². The molecule has 0 aromatic heterocycles. The van der Waals surface area contributed by atoms with Gasteiger partial charge in [0.25, 0.3) is 5.69 Å². The van der Waals surface area contributed by atoms with Gasteiger partial charge in [-0.2, -0.15) is 0 Å². The Labute approximate surface area is 171 Å². The van der Waals surface area contributed by atoms with E-state index in [-0.39, 0.29) is 36.2 Å². The number of nitro benzene ring substituents is 1. The third kappa shape index (κ3) is 6.49. The maximum absolute atomic E-state index is 12.1. The largest absolute Gasteiger partial charge is 0.325 e. The van der Waals surface area contributed by atoms with Crippen LogP contribution in [0, 0.1) is 10.1 Å². The summed E-state index contributed by atoms with van der Waals surface area (Å²) in [5, 5.41) is 16.9. The number of carbonyl (C=O) groups excluding carboxylic acids is 2. The Balaban J connectivity index is 1.80. The Bertz CT molecular complexity index is 892. The normalized spacial score (nSPS) is 10.6. The Kier molecular flexibility index (Phi) is 7.74. The quantitative estimate of drug-likeness (QED) is 0.495. The molecule has 2 amide bonds. The van der Waals surface area contributed by atoms with Crippen LogP contribution in [0.25, 0.3) is 0 Å². The number of carbonyl (C=O) groups is 2. The second kappa shape index (κ2) is 10.0. The second-order valence-corrected chi connectivity index (χ2v) is 6.80. The van der Waals surface area contributed by atoms with Crippen molar-refractivity contribution in [1.29, 1.82) is 0 Å². The third-order valence-electron chi connectivity index (χ3n) is 3.71. The summed E-state index contributed by atoms with van der Waals surface area (Å²) in [7, 11) is 1.69. The lowest BCUT2D eigenvalue weighted by molar-refractivity contribution is -0.383. The zero-order valence-corrected chi connectivity index (χ0v) is 16.5. The highest BCUT2D eigenvalue weighted by atomic mass is 35.5. The molecule has 0 fully saturated rings. The number of nitrogens with one attached hydrogen (secondary N) is 2.